The van der Waals surface area contributed by atoms with Crippen molar-refractivity contribution in [1.29, 1.82) is 0 Å². The van der Waals surface area contributed by atoms with E-state index < -0.39 is 0 Å². The van der Waals surface area contributed by atoms with E-state index in [1.807, 2.05) is 90.7 Å². The molecule has 0 spiro atoms. The third-order valence-electron chi connectivity index (χ3n) is 6.06. The molecule has 3 aromatic carbocycles. The highest BCUT2D eigenvalue weighted by Gasteiger charge is 2.35. The zero-order valence-electron chi connectivity index (χ0n) is 17.8. The molecule has 31 heavy (non-hydrogen) atoms. The molecule has 1 aliphatic rings. The molecule has 4 heteroatoms. The molecule has 158 valence electrons. The lowest BCUT2D eigenvalue weighted by Crippen LogP contribution is -2.48. The average Bonchev–Trinajstić information content (AvgIpc) is 2.85. The highest BCUT2D eigenvalue weighted by atomic mass is 16.2. The summed E-state index contributed by atoms with van der Waals surface area (Å²) in [5.41, 5.74) is 2.90. The molecule has 0 aliphatic carbocycles. The van der Waals surface area contributed by atoms with E-state index in [-0.39, 0.29) is 29.7 Å². The van der Waals surface area contributed by atoms with E-state index in [0.29, 0.717) is 18.7 Å². The van der Waals surface area contributed by atoms with Gasteiger partial charge in [-0.3, -0.25) is 9.59 Å². The number of amides is 2. The van der Waals surface area contributed by atoms with Gasteiger partial charge in [0.25, 0.3) is 5.91 Å². The van der Waals surface area contributed by atoms with E-state index in [4.69, 9.17) is 0 Å². The second-order valence-electron chi connectivity index (χ2n) is 8.26. The zero-order valence-corrected chi connectivity index (χ0v) is 17.8. The van der Waals surface area contributed by atoms with E-state index in [1.165, 1.54) is 5.56 Å². The van der Waals surface area contributed by atoms with Crippen molar-refractivity contribution in [2.45, 2.75) is 25.3 Å². The van der Waals surface area contributed by atoms with Crippen LogP contribution in [0.3, 0.4) is 0 Å². The summed E-state index contributed by atoms with van der Waals surface area (Å²) in [6.07, 6.45) is 0.732. The summed E-state index contributed by atoms with van der Waals surface area (Å²) in [5, 5.41) is 3.16. The Hall–Kier alpha value is -3.40. The van der Waals surface area contributed by atoms with Crippen LogP contribution in [-0.4, -0.2) is 29.8 Å². The van der Waals surface area contributed by atoms with Crippen LogP contribution in [0.4, 0.5) is 0 Å². The summed E-state index contributed by atoms with van der Waals surface area (Å²) in [7, 11) is 0. The Labute approximate surface area is 183 Å². The van der Waals surface area contributed by atoms with Crippen LogP contribution in [0.2, 0.25) is 0 Å². The molecule has 1 heterocycles. The standard InChI is InChI=1S/C27H28N2O2/c1-20(21-11-5-2-6-12-21)28-26(30)25-17-24(22-13-7-3-8-14-22)18-29(19-25)27(31)23-15-9-4-10-16-23/h2-16,20,24-25H,17-19H2,1H3,(H,28,30). The number of likely N-dealkylation sites (tertiary alicyclic amines) is 1. The van der Waals surface area contributed by atoms with Crippen molar-refractivity contribution in [2.75, 3.05) is 13.1 Å². The van der Waals surface area contributed by atoms with Gasteiger partial charge in [0.05, 0.1) is 12.0 Å². The largest absolute Gasteiger partial charge is 0.349 e. The first-order valence-electron chi connectivity index (χ1n) is 10.9. The topological polar surface area (TPSA) is 49.4 Å². The van der Waals surface area contributed by atoms with Crippen LogP contribution in [0.5, 0.6) is 0 Å². The third-order valence-corrected chi connectivity index (χ3v) is 6.06. The van der Waals surface area contributed by atoms with Gasteiger partial charge in [0, 0.05) is 24.6 Å². The highest BCUT2D eigenvalue weighted by Crippen LogP contribution is 2.31. The maximum Gasteiger partial charge on any atom is 0.253 e. The summed E-state index contributed by atoms with van der Waals surface area (Å²) in [6.45, 7) is 3.05. The first-order valence-corrected chi connectivity index (χ1v) is 10.9. The average molecular weight is 413 g/mol. The number of hydrogen-bond acceptors (Lipinski definition) is 2. The number of carbonyl (C=O) groups excluding carboxylic acids is 2. The fourth-order valence-electron chi connectivity index (χ4n) is 4.34. The van der Waals surface area contributed by atoms with Crippen molar-refractivity contribution >= 4 is 11.8 Å². The molecular formula is C27H28N2O2. The smallest absolute Gasteiger partial charge is 0.253 e. The molecule has 2 amide bonds. The quantitative estimate of drug-likeness (QED) is 0.654. The second-order valence-corrected chi connectivity index (χ2v) is 8.26. The molecular weight excluding hydrogens is 384 g/mol. The van der Waals surface area contributed by atoms with Gasteiger partial charge in [0.15, 0.2) is 0 Å². The molecule has 0 radical (unpaired) electrons. The minimum atomic E-state index is -0.252. The predicted octanol–water partition coefficient (Wildman–Crippen LogP) is 4.81. The van der Waals surface area contributed by atoms with Crippen molar-refractivity contribution in [3.8, 4) is 0 Å². The molecule has 1 aliphatic heterocycles. The van der Waals surface area contributed by atoms with E-state index in [2.05, 4.69) is 17.4 Å². The van der Waals surface area contributed by atoms with E-state index in [1.54, 1.807) is 0 Å². The Bertz CT molecular complexity index is 1010. The summed E-state index contributed by atoms with van der Waals surface area (Å²) in [6, 6.07) is 29.4. The van der Waals surface area contributed by atoms with Crippen molar-refractivity contribution < 1.29 is 9.59 Å². The molecule has 0 aromatic heterocycles. The number of nitrogens with zero attached hydrogens (tertiary/aromatic N) is 1. The Kier molecular flexibility index (Phi) is 6.46. The summed E-state index contributed by atoms with van der Waals surface area (Å²) in [4.78, 5) is 28.2. The minimum absolute atomic E-state index is 0.00264. The first kappa shape index (κ1) is 20.9. The van der Waals surface area contributed by atoms with Crippen LogP contribution in [0.15, 0.2) is 91.0 Å². The van der Waals surface area contributed by atoms with Gasteiger partial charge in [-0.1, -0.05) is 78.9 Å². The van der Waals surface area contributed by atoms with E-state index in [0.717, 1.165) is 12.0 Å². The van der Waals surface area contributed by atoms with Crippen molar-refractivity contribution in [1.82, 2.24) is 10.2 Å². The van der Waals surface area contributed by atoms with Gasteiger partial charge in [-0.05, 0) is 36.6 Å². The van der Waals surface area contributed by atoms with Crippen LogP contribution in [0.1, 0.15) is 46.8 Å². The lowest BCUT2D eigenvalue weighted by Gasteiger charge is -2.38. The number of piperidine rings is 1. The Balaban J connectivity index is 1.54. The fourth-order valence-corrected chi connectivity index (χ4v) is 4.34. The van der Waals surface area contributed by atoms with Gasteiger partial charge in [-0.15, -0.1) is 0 Å². The molecule has 3 unspecified atom stereocenters. The van der Waals surface area contributed by atoms with Gasteiger partial charge in [-0.2, -0.15) is 0 Å². The number of carbonyl (C=O) groups is 2. The van der Waals surface area contributed by atoms with Crippen LogP contribution in [-0.2, 0) is 4.79 Å². The first-order chi connectivity index (χ1) is 15.1. The minimum Gasteiger partial charge on any atom is -0.349 e. The Morgan fingerprint density at radius 1 is 0.839 bits per heavy atom. The number of hydrogen-bond donors (Lipinski definition) is 1. The molecule has 4 nitrogen and oxygen atoms in total. The maximum absolute atomic E-state index is 13.2. The zero-order chi connectivity index (χ0) is 21.6. The van der Waals surface area contributed by atoms with Crippen LogP contribution in [0.25, 0.3) is 0 Å². The summed E-state index contributed by atoms with van der Waals surface area (Å²) >= 11 is 0. The van der Waals surface area contributed by atoms with Crippen LogP contribution in [0, 0.1) is 5.92 Å². The van der Waals surface area contributed by atoms with Crippen molar-refractivity contribution in [3.63, 3.8) is 0 Å². The molecule has 3 atom stereocenters. The molecule has 1 fully saturated rings. The fraction of sp³-hybridized carbons (Fsp3) is 0.259. The van der Waals surface area contributed by atoms with Gasteiger partial charge in [0.2, 0.25) is 5.91 Å². The molecule has 0 saturated carbocycles. The Morgan fingerprint density at radius 2 is 1.42 bits per heavy atom. The normalized spacial score (nSPS) is 19.5. The maximum atomic E-state index is 13.2. The van der Waals surface area contributed by atoms with Gasteiger partial charge in [0.1, 0.15) is 0 Å². The molecule has 4 rings (SSSR count). The van der Waals surface area contributed by atoms with Crippen molar-refractivity contribution in [3.05, 3.63) is 108 Å². The van der Waals surface area contributed by atoms with Crippen LogP contribution < -0.4 is 5.32 Å². The van der Waals surface area contributed by atoms with E-state index >= 15 is 0 Å². The van der Waals surface area contributed by atoms with Gasteiger partial charge in [-0.25, -0.2) is 0 Å². The van der Waals surface area contributed by atoms with Crippen LogP contribution >= 0.6 is 0 Å². The highest BCUT2D eigenvalue weighted by molar-refractivity contribution is 5.94. The number of nitrogens with one attached hydrogen (secondary N) is 1. The van der Waals surface area contributed by atoms with Gasteiger partial charge < -0.3 is 10.2 Å². The van der Waals surface area contributed by atoms with Gasteiger partial charge >= 0.3 is 0 Å². The summed E-state index contributed by atoms with van der Waals surface area (Å²) in [5.74, 6) is -0.138. The number of benzene rings is 3. The lowest BCUT2D eigenvalue weighted by atomic mass is 9.83. The Morgan fingerprint density at radius 3 is 2.06 bits per heavy atom. The molecule has 1 N–H and O–H groups in total. The summed E-state index contributed by atoms with van der Waals surface area (Å²) < 4.78 is 0. The molecule has 1 saturated heterocycles. The molecule has 3 aromatic rings. The van der Waals surface area contributed by atoms with Crippen molar-refractivity contribution in [2.24, 2.45) is 5.92 Å². The molecule has 0 bridgehead atoms. The monoisotopic (exact) mass is 412 g/mol. The third kappa shape index (κ3) is 5.02. The lowest BCUT2D eigenvalue weighted by molar-refractivity contribution is -0.127. The SMILES string of the molecule is CC(NC(=O)C1CC(c2ccccc2)CN(C(=O)c2ccccc2)C1)c1ccccc1. The second kappa shape index (κ2) is 9.61. The number of rotatable bonds is 5. The predicted molar refractivity (Wildman–Crippen MR) is 123 cm³/mol. The van der Waals surface area contributed by atoms with E-state index in [9.17, 15) is 9.59 Å².